The molecule has 1 amide bonds. The standard InChI is InChI=1S/C16H19F3N2O3/c1-8(2)11(15(23)24)7-20-14(22)10-5-12(9-3-4-9)21-13(6-10)16(17,18)19/h5-6,8-9,11H,3-4,7H2,1-2H3,(H,20,22)(H,23,24). The van der Waals surface area contributed by atoms with Crippen molar-refractivity contribution < 1.29 is 27.9 Å². The molecule has 1 aromatic heterocycles. The molecule has 0 bridgehead atoms. The first-order chi connectivity index (χ1) is 11.1. The predicted octanol–water partition coefficient (Wildman–Crippen LogP) is 3.06. The maximum Gasteiger partial charge on any atom is 0.433 e. The molecule has 1 aliphatic rings. The van der Waals surface area contributed by atoms with E-state index in [9.17, 15) is 22.8 Å². The van der Waals surface area contributed by atoms with Crippen molar-refractivity contribution in [3.8, 4) is 0 Å². The molecule has 1 unspecified atom stereocenters. The third kappa shape index (κ3) is 4.46. The van der Waals surface area contributed by atoms with Crippen LogP contribution < -0.4 is 5.32 Å². The van der Waals surface area contributed by atoms with Crippen LogP contribution in [0.2, 0.25) is 0 Å². The summed E-state index contributed by atoms with van der Waals surface area (Å²) in [6.07, 6.45) is -3.13. The highest BCUT2D eigenvalue weighted by Gasteiger charge is 2.36. The van der Waals surface area contributed by atoms with Crippen molar-refractivity contribution in [1.29, 1.82) is 0 Å². The summed E-state index contributed by atoms with van der Waals surface area (Å²) in [4.78, 5) is 26.9. The molecular weight excluding hydrogens is 325 g/mol. The van der Waals surface area contributed by atoms with Crippen LogP contribution >= 0.6 is 0 Å². The van der Waals surface area contributed by atoms with E-state index in [1.807, 2.05) is 0 Å². The second kappa shape index (κ2) is 6.78. The van der Waals surface area contributed by atoms with Gasteiger partial charge in [-0.1, -0.05) is 13.8 Å². The average Bonchev–Trinajstić information content (AvgIpc) is 3.29. The van der Waals surface area contributed by atoms with Gasteiger partial charge in [-0.15, -0.1) is 0 Å². The van der Waals surface area contributed by atoms with Crippen molar-refractivity contribution in [1.82, 2.24) is 10.3 Å². The molecule has 1 fully saturated rings. The number of aromatic nitrogens is 1. The Kier molecular flexibility index (Phi) is 5.15. The van der Waals surface area contributed by atoms with Gasteiger partial charge in [-0.25, -0.2) is 4.98 Å². The molecule has 1 aromatic rings. The summed E-state index contributed by atoms with van der Waals surface area (Å²) in [5.41, 5.74) is -0.989. The maximum atomic E-state index is 12.9. The van der Waals surface area contributed by atoms with Crippen LogP contribution in [0, 0.1) is 11.8 Å². The highest BCUT2D eigenvalue weighted by Crippen LogP contribution is 2.40. The maximum absolute atomic E-state index is 12.9. The molecule has 0 aromatic carbocycles. The Morgan fingerprint density at radius 3 is 2.42 bits per heavy atom. The molecule has 1 saturated carbocycles. The normalized spacial score (nSPS) is 16.1. The van der Waals surface area contributed by atoms with Gasteiger partial charge in [0.25, 0.3) is 5.91 Å². The summed E-state index contributed by atoms with van der Waals surface area (Å²) >= 11 is 0. The molecule has 1 aliphatic carbocycles. The number of carbonyl (C=O) groups is 2. The quantitative estimate of drug-likeness (QED) is 0.831. The zero-order valence-electron chi connectivity index (χ0n) is 13.4. The topological polar surface area (TPSA) is 79.3 Å². The van der Waals surface area contributed by atoms with Crippen LogP contribution in [0.3, 0.4) is 0 Å². The van der Waals surface area contributed by atoms with E-state index in [0.717, 1.165) is 12.8 Å². The van der Waals surface area contributed by atoms with Crippen LogP contribution in [0.15, 0.2) is 12.1 Å². The van der Waals surface area contributed by atoms with Crippen molar-refractivity contribution in [2.24, 2.45) is 11.8 Å². The lowest BCUT2D eigenvalue weighted by Gasteiger charge is -2.17. The van der Waals surface area contributed by atoms with Gasteiger partial charge in [-0.05, 0) is 30.9 Å². The van der Waals surface area contributed by atoms with Gasteiger partial charge in [0.15, 0.2) is 0 Å². The van der Waals surface area contributed by atoms with Crippen molar-refractivity contribution in [2.45, 2.75) is 38.8 Å². The lowest BCUT2D eigenvalue weighted by Crippen LogP contribution is -2.35. The molecule has 0 spiro atoms. The second-order valence-electron chi connectivity index (χ2n) is 6.34. The minimum atomic E-state index is -4.64. The second-order valence-corrected chi connectivity index (χ2v) is 6.34. The highest BCUT2D eigenvalue weighted by atomic mass is 19.4. The molecule has 1 heterocycles. The fourth-order valence-corrected chi connectivity index (χ4v) is 2.33. The van der Waals surface area contributed by atoms with E-state index in [4.69, 9.17) is 5.11 Å². The van der Waals surface area contributed by atoms with Crippen LogP contribution in [-0.4, -0.2) is 28.5 Å². The van der Waals surface area contributed by atoms with Crippen LogP contribution in [0.25, 0.3) is 0 Å². The predicted molar refractivity (Wildman–Crippen MR) is 79.5 cm³/mol. The minimum absolute atomic E-state index is 0.0405. The average molecular weight is 344 g/mol. The third-order valence-electron chi connectivity index (χ3n) is 4.00. The summed E-state index contributed by atoms with van der Waals surface area (Å²) in [5.74, 6) is -2.85. The number of pyridine rings is 1. The number of aliphatic carboxylic acids is 1. The molecule has 2 N–H and O–H groups in total. The van der Waals surface area contributed by atoms with Gasteiger partial charge in [0.05, 0.1) is 5.92 Å². The van der Waals surface area contributed by atoms with Crippen molar-refractivity contribution in [3.05, 3.63) is 29.1 Å². The zero-order valence-corrected chi connectivity index (χ0v) is 13.4. The van der Waals surface area contributed by atoms with E-state index in [-0.39, 0.29) is 29.6 Å². The number of carbonyl (C=O) groups excluding carboxylic acids is 1. The molecule has 2 rings (SSSR count). The molecule has 8 heteroatoms. The summed E-state index contributed by atoms with van der Waals surface area (Å²) < 4.78 is 38.8. The van der Waals surface area contributed by atoms with Gasteiger partial charge in [0.1, 0.15) is 5.69 Å². The molecule has 1 atom stereocenters. The Morgan fingerprint density at radius 2 is 1.96 bits per heavy atom. The Hall–Kier alpha value is -2.12. The smallest absolute Gasteiger partial charge is 0.433 e. The van der Waals surface area contributed by atoms with Gasteiger partial charge in [-0.2, -0.15) is 13.2 Å². The largest absolute Gasteiger partial charge is 0.481 e. The Morgan fingerprint density at radius 1 is 1.33 bits per heavy atom. The summed E-state index contributed by atoms with van der Waals surface area (Å²) in [7, 11) is 0. The minimum Gasteiger partial charge on any atom is -0.481 e. The van der Waals surface area contributed by atoms with E-state index < -0.39 is 29.7 Å². The van der Waals surface area contributed by atoms with E-state index in [1.165, 1.54) is 6.07 Å². The van der Waals surface area contributed by atoms with Gasteiger partial charge in [-0.3, -0.25) is 9.59 Å². The fourth-order valence-electron chi connectivity index (χ4n) is 2.33. The number of rotatable bonds is 6. The van der Waals surface area contributed by atoms with Crippen molar-refractivity contribution in [3.63, 3.8) is 0 Å². The zero-order chi connectivity index (χ0) is 18.1. The van der Waals surface area contributed by atoms with Crippen LogP contribution in [0.5, 0.6) is 0 Å². The molecule has 132 valence electrons. The molecule has 0 radical (unpaired) electrons. The van der Waals surface area contributed by atoms with Gasteiger partial charge < -0.3 is 10.4 Å². The van der Waals surface area contributed by atoms with Gasteiger partial charge in [0, 0.05) is 23.7 Å². The third-order valence-corrected chi connectivity index (χ3v) is 4.00. The van der Waals surface area contributed by atoms with E-state index >= 15 is 0 Å². The summed E-state index contributed by atoms with van der Waals surface area (Å²) in [6.45, 7) is 3.25. The molecule has 24 heavy (non-hydrogen) atoms. The number of carboxylic acids is 1. The number of hydrogen-bond donors (Lipinski definition) is 2. The molecule has 0 saturated heterocycles. The van der Waals surface area contributed by atoms with Gasteiger partial charge in [0.2, 0.25) is 0 Å². The lowest BCUT2D eigenvalue weighted by atomic mass is 9.96. The number of nitrogens with one attached hydrogen (secondary N) is 1. The van der Waals surface area contributed by atoms with Gasteiger partial charge >= 0.3 is 12.1 Å². The molecule has 0 aliphatic heterocycles. The first kappa shape index (κ1) is 18.2. The van der Waals surface area contributed by atoms with E-state index in [1.54, 1.807) is 13.8 Å². The van der Waals surface area contributed by atoms with E-state index in [2.05, 4.69) is 10.3 Å². The first-order valence-corrected chi connectivity index (χ1v) is 7.69. The summed E-state index contributed by atoms with van der Waals surface area (Å²) in [5, 5.41) is 11.5. The highest BCUT2D eigenvalue weighted by molar-refractivity contribution is 5.94. The number of carboxylic acid groups (broad SMARTS) is 1. The molecule has 5 nitrogen and oxygen atoms in total. The number of hydrogen-bond acceptors (Lipinski definition) is 3. The monoisotopic (exact) mass is 344 g/mol. The van der Waals surface area contributed by atoms with E-state index in [0.29, 0.717) is 6.07 Å². The van der Waals surface area contributed by atoms with Crippen LogP contribution in [0.1, 0.15) is 54.4 Å². The van der Waals surface area contributed by atoms with Crippen LogP contribution in [0.4, 0.5) is 13.2 Å². The van der Waals surface area contributed by atoms with Crippen molar-refractivity contribution >= 4 is 11.9 Å². The Labute approximate surface area is 137 Å². The molecular formula is C16H19F3N2O3. The first-order valence-electron chi connectivity index (χ1n) is 7.69. The fraction of sp³-hybridized carbons (Fsp3) is 0.562. The number of halogens is 3. The Bertz CT molecular complexity index is 640. The number of alkyl halides is 3. The Balaban J connectivity index is 2.19. The van der Waals surface area contributed by atoms with Crippen LogP contribution in [-0.2, 0) is 11.0 Å². The number of nitrogens with zero attached hydrogens (tertiary/aromatic N) is 1. The number of amides is 1. The summed E-state index contributed by atoms with van der Waals surface area (Å²) in [6, 6.07) is 2.06. The SMILES string of the molecule is CC(C)C(CNC(=O)c1cc(C2CC2)nc(C(F)(F)F)c1)C(=O)O. The van der Waals surface area contributed by atoms with Crippen molar-refractivity contribution in [2.75, 3.05) is 6.54 Å². The lowest BCUT2D eigenvalue weighted by molar-refractivity contribution is -0.143.